The van der Waals surface area contributed by atoms with Crippen LogP contribution in [-0.2, 0) is 0 Å². The summed E-state index contributed by atoms with van der Waals surface area (Å²) in [7, 11) is 0. The lowest BCUT2D eigenvalue weighted by Crippen LogP contribution is -2.29. The molecule has 0 N–H and O–H groups in total. The summed E-state index contributed by atoms with van der Waals surface area (Å²) in [5.74, 6) is 0.706. The predicted molar refractivity (Wildman–Crippen MR) is 45.7 cm³/mol. The van der Waals surface area contributed by atoms with Crippen LogP contribution in [-0.4, -0.2) is 10.2 Å². The Morgan fingerprint density at radius 1 is 1.55 bits per heavy atom. The molecule has 0 aliphatic heterocycles. The van der Waals surface area contributed by atoms with Crippen molar-refractivity contribution in [3.05, 3.63) is 10.5 Å². The highest BCUT2D eigenvalue weighted by Crippen LogP contribution is 2.50. The quantitative estimate of drug-likeness (QED) is 0.643. The number of hydrogen-bond donors (Lipinski definition) is 0. The largest absolute Gasteiger partial charge is 0.147 e. The van der Waals surface area contributed by atoms with E-state index in [0.29, 0.717) is 11.3 Å². The van der Waals surface area contributed by atoms with Crippen molar-refractivity contribution in [3.63, 3.8) is 0 Å². The first-order chi connectivity index (χ1) is 5.17. The summed E-state index contributed by atoms with van der Waals surface area (Å²) in [6.45, 7) is 4.62. The zero-order valence-corrected chi connectivity index (χ0v) is 7.69. The van der Waals surface area contributed by atoms with Crippen LogP contribution in [0, 0.1) is 5.41 Å². The van der Waals surface area contributed by atoms with E-state index in [-0.39, 0.29) is 0 Å². The van der Waals surface area contributed by atoms with E-state index in [1.807, 2.05) is 5.51 Å². The lowest BCUT2D eigenvalue weighted by molar-refractivity contribution is 0.151. The van der Waals surface area contributed by atoms with Gasteiger partial charge in [-0.05, 0) is 18.3 Å². The second-order valence-corrected chi connectivity index (χ2v) is 4.91. The van der Waals surface area contributed by atoms with Crippen LogP contribution in [0.3, 0.4) is 0 Å². The Hall–Kier alpha value is -0.440. The summed E-state index contributed by atoms with van der Waals surface area (Å²) >= 11 is 1.69. The molecule has 0 unspecified atom stereocenters. The highest BCUT2D eigenvalue weighted by atomic mass is 32.1. The second kappa shape index (κ2) is 2.27. The number of nitrogens with zero attached hydrogens (tertiary/aromatic N) is 2. The molecule has 1 saturated carbocycles. The van der Waals surface area contributed by atoms with Crippen LogP contribution in [0.2, 0.25) is 0 Å². The first-order valence-electron chi connectivity index (χ1n) is 3.93. The number of hydrogen-bond acceptors (Lipinski definition) is 3. The molecule has 60 valence electrons. The summed E-state index contributed by atoms with van der Waals surface area (Å²) in [5.41, 5.74) is 2.37. The SMILES string of the molecule is CC1(C)CC(c2nncs2)C1. The lowest BCUT2D eigenvalue weighted by atomic mass is 9.65. The molecule has 1 aromatic rings. The average Bonchev–Trinajstić information content (AvgIpc) is 2.32. The fourth-order valence-electron chi connectivity index (χ4n) is 1.81. The molecule has 1 heterocycles. The molecule has 3 heteroatoms. The zero-order chi connectivity index (χ0) is 7.90. The van der Waals surface area contributed by atoms with E-state index < -0.39 is 0 Å². The molecule has 0 atom stereocenters. The Morgan fingerprint density at radius 3 is 2.73 bits per heavy atom. The Labute approximate surface area is 70.7 Å². The molecule has 1 fully saturated rings. The van der Waals surface area contributed by atoms with E-state index in [1.54, 1.807) is 11.3 Å². The zero-order valence-electron chi connectivity index (χ0n) is 6.87. The number of rotatable bonds is 1. The molecule has 2 rings (SSSR count). The topological polar surface area (TPSA) is 25.8 Å². The standard InChI is InChI=1S/C8H12N2S/c1-8(2)3-6(4-8)7-10-9-5-11-7/h5-6H,3-4H2,1-2H3. The van der Waals surface area contributed by atoms with E-state index in [2.05, 4.69) is 24.0 Å². The molecule has 0 amide bonds. The van der Waals surface area contributed by atoms with Crippen molar-refractivity contribution in [3.8, 4) is 0 Å². The van der Waals surface area contributed by atoms with E-state index in [4.69, 9.17) is 0 Å². The maximum Gasteiger partial charge on any atom is 0.120 e. The molecule has 2 nitrogen and oxygen atoms in total. The maximum atomic E-state index is 4.07. The van der Waals surface area contributed by atoms with Gasteiger partial charge >= 0.3 is 0 Å². The van der Waals surface area contributed by atoms with Crippen LogP contribution >= 0.6 is 11.3 Å². The summed E-state index contributed by atoms with van der Waals surface area (Å²) in [5, 5.41) is 9.14. The van der Waals surface area contributed by atoms with Gasteiger partial charge in [0.25, 0.3) is 0 Å². The van der Waals surface area contributed by atoms with Gasteiger partial charge in [0, 0.05) is 5.92 Å². The first kappa shape index (κ1) is 7.22. The molecule has 0 saturated heterocycles. The molecule has 0 bridgehead atoms. The van der Waals surface area contributed by atoms with Gasteiger partial charge < -0.3 is 0 Å². The van der Waals surface area contributed by atoms with Crippen molar-refractivity contribution in [2.24, 2.45) is 5.41 Å². The van der Waals surface area contributed by atoms with E-state index >= 15 is 0 Å². The van der Waals surface area contributed by atoms with Crippen LogP contribution in [0.4, 0.5) is 0 Å². The van der Waals surface area contributed by atoms with Crippen molar-refractivity contribution in [1.82, 2.24) is 10.2 Å². The van der Waals surface area contributed by atoms with Gasteiger partial charge in [0.05, 0.1) is 0 Å². The fraction of sp³-hybridized carbons (Fsp3) is 0.750. The van der Waals surface area contributed by atoms with Crippen molar-refractivity contribution < 1.29 is 0 Å². The molecule has 11 heavy (non-hydrogen) atoms. The molecule has 1 aliphatic carbocycles. The molecule has 0 radical (unpaired) electrons. The Bertz CT molecular complexity index is 233. The van der Waals surface area contributed by atoms with Gasteiger partial charge in [0.15, 0.2) is 0 Å². The van der Waals surface area contributed by atoms with E-state index in [0.717, 1.165) is 0 Å². The van der Waals surface area contributed by atoms with E-state index in [9.17, 15) is 0 Å². The molecular formula is C8H12N2S. The summed E-state index contributed by atoms with van der Waals surface area (Å²) in [4.78, 5) is 0. The van der Waals surface area contributed by atoms with Crippen LogP contribution in [0.15, 0.2) is 5.51 Å². The molecule has 0 spiro atoms. The highest BCUT2D eigenvalue weighted by molar-refractivity contribution is 7.09. The van der Waals surface area contributed by atoms with Gasteiger partial charge in [0.2, 0.25) is 0 Å². The third-order valence-corrected chi connectivity index (χ3v) is 3.18. The smallest absolute Gasteiger partial charge is 0.120 e. The van der Waals surface area contributed by atoms with Gasteiger partial charge in [-0.1, -0.05) is 13.8 Å². The predicted octanol–water partition coefficient (Wildman–Crippen LogP) is 2.44. The minimum atomic E-state index is 0.552. The van der Waals surface area contributed by atoms with Crippen LogP contribution in [0.1, 0.15) is 37.6 Å². The van der Waals surface area contributed by atoms with Gasteiger partial charge in [0.1, 0.15) is 10.5 Å². The molecule has 1 aromatic heterocycles. The summed E-state index contributed by atoms with van der Waals surface area (Å²) in [6, 6.07) is 0. The Morgan fingerprint density at radius 2 is 2.27 bits per heavy atom. The minimum absolute atomic E-state index is 0.552. The van der Waals surface area contributed by atoms with Crippen molar-refractivity contribution in [2.45, 2.75) is 32.6 Å². The summed E-state index contributed by atoms with van der Waals surface area (Å²) in [6.07, 6.45) is 2.56. The molecule has 0 aromatic carbocycles. The Balaban J connectivity index is 2.03. The summed E-state index contributed by atoms with van der Waals surface area (Å²) < 4.78 is 0. The van der Waals surface area contributed by atoms with Gasteiger partial charge in [-0.25, -0.2) is 0 Å². The first-order valence-corrected chi connectivity index (χ1v) is 4.81. The fourth-order valence-corrected chi connectivity index (χ4v) is 2.46. The molecular weight excluding hydrogens is 156 g/mol. The maximum absolute atomic E-state index is 4.07. The number of aromatic nitrogens is 2. The van der Waals surface area contributed by atoms with Crippen molar-refractivity contribution in [1.29, 1.82) is 0 Å². The van der Waals surface area contributed by atoms with Gasteiger partial charge in [-0.15, -0.1) is 21.5 Å². The van der Waals surface area contributed by atoms with Gasteiger partial charge in [-0.2, -0.15) is 0 Å². The van der Waals surface area contributed by atoms with Crippen LogP contribution in [0.5, 0.6) is 0 Å². The average molecular weight is 168 g/mol. The lowest BCUT2D eigenvalue weighted by Gasteiger charge is -2.41. The Kier molecular flexibility index (Phi) is 1.49. The molecule has 1 aliphatic rings. The monoisotopic (exact) mass is 168 g/mol. The van der Waals surface area contributed by atoms with Crippen LogP contribution < -0.4 is 0 Å². The highest BCUT2D eigenvalue weighted by Gasteiger charge is 2.38. The van der Waals surface area contributed by atoms with Crippen molar-refractivity contribution in [2.75, 3.05) is 0 Å². The van der Waals surface area contributed by atoms with Crippen molar-refractivity contribution >= 4 is 11.3 Å². The second-order valence-electron chi connectivity index (χ2n) is 4.05. The van der Waals surface area contributed by atoms with Gasteiger partial charge in [-0.3, -0.25) is 0 Å². The minimum Gasteiger partial charge on any atom is -0.147 e. The normalized spacial score (nSPS) is 23.1. The van der Waals surface area contributed by atoms with Crippen LogP contribution in [0.25, 0.3) is 0 Å². The third kappa shape index (κ3) is 1.29. The van der Waals surface area contributed by atoms with E-state index in [1.165, 1.54) is 17.8 Å². The third-order valence-electron chi connectivity index (χ3n) is 2.32.